The Morgan fingerprint density at radius 1 is 0.905 bits per heavy atom. The van der Waals surface area contributed by atoms with E-state index in [4.69, 9.17) is 4.74 Å². The fourth-order valence-electron chi connectivity index (χ4n) is 2.01. The molecule has 0 saturated carbocycles. The fourth-order valence-corrected chi connectivity index (χ4v) is 2.01. The highest BCUT2D eigenvalue weighted by atomic mass is 16.5. The van der Waals surface area contributed by atoms with E-state index in [2.05, 4.69) is 6.58 Å². The zero-order valence-corrected chi connectivity index (χ0v) is 11.8. The van der Waals surface area contributed by atoms with Gasteiger partial charge < -0.3 is 4.74 Å². The number of rotatable bonds is 5. The molecule has 3 nitrogen and oxygen atoms in total. The largest absolute Gasteiger partial charge is 0.449 e. The fraction of sp³-hybridized carbons (Fsp3) is 0.111. The summed E-state index contributed by atoms with van der Waals surface area (Å²) in [5, 5.41) is 0. The van der Waals surface area contributed by atoms with E-state index in [0.717, 1.165) is 5.56 Å². The van der Waals surface area contributed by atoms with E-state index in [1.165, 1.54) is 6.92 Å². The second kappa shape index (κ2) is 6.66. The van der Waals surface area contributed by atoms with Crippen molar-refractivity contribution in [3.8, 4) is 0 Å². The van der Waals surface area contributed by atoms with Crippen LogP contribution in [0, 0.1) is 0 Å². The summed E-state index contributed by atoms with van der Waals surface area (Å²) in [7, 11) is 0. The molecule has 1 atom stereocenters. The minimum absolute atomic E-state index is 0.278. The molecule has 2 aromatic rings. The molecule has 0 heterocycles. The number of ether oxygens (including phenoxy) is 1. The van der Waals surface area contributed by atoms with Gasteiger partial charge in [-0.05, 0) is 5.56 Å². The molecule has 0 radical (unpaired) electrons. The summed E-state index contributed by atoms with van der Waals surface area (Å²) in [6, 6.07) is 18.0. The Bertz CT molecular complexity index is 593. The van der Waals surface area contributed by atoms with Gasteiger partial charge in [0.1, 0.15) is 0 Å². The zero-order valence-electron chi connectivity index (χ0n) is 11.8. The van der Waals surface area contributed by atoms with Crippen molar-refractivity contribution in [1.82, 2.24) is 0 Å². The first-order chi connectivity index (χ1) is 10.1. The van der Waals surface area contributed by atoms with Crippen LogP contribution in [0.15, 0.2) is 67.2 Å². The molecule has 1 unspecified atom stereocenters. The number of hydrogen-bond donors (Lipinski definition) is 0. The molecule has 106 valence electrons. The molecule has 0 saturated heterocycles. The molecule has 2 aromatic carbocycles. The van der Waals surface area contributed by atoms with Gasteiger partial charge in [0, 0.05) is 18.1 Å². The maximum Gasteiger partial charge on any atom is 0.303 e. The quantitative estimate of drug-likeness (QED) is 0.621. The van der Waals surface area contributed by atoms with Crippen molar-refractivity contribution in [2.75, 3.05) is 0 Å². The Morgan fingerprint density at radius 2 is 1.38 bits per heavy atom. The van der Waals surface area contributed by atoms with Gasteiger partial charge in [-0.3, -0.25) is 9.59 Å². The van der Waals surface area contributed by atoms with Gasteiger partial charge in [-0.2, -0.15) is 0 Å². The lowest BCUT2D eigenvalue weighted by molar-refractivity contribution is -0.142. The van der Waals surface area contributed by atoms with E-state index >= 15 is 0 Å². The highest BCUT2D eigenvalue weighted by Gasteiger charge is 2.26. The molecule has 0 fully saturated rings. The maximum atomic E-state index is 12.6. The minimum atomic E-state index is -1.01. The van der Waals surface area contributed by atoms with Gasteiger partial charge in [0.05, 0.1) is 0 Å². The van der Waals surface area contributed by atoms with Gasteiger partial charge in [0.15, 0.2) is 6.10 Å². The molecule has 0 aromatic heterocycles. The molecule has 0 aliphatic rings. The third kappa shape index (κ3) is 3.66. The Labute approximate surface area is 123 Å². The predicted molar refractivity (Wildman–Crippen MR) is 81.8 cm³/mol. The Kier molecular flexibility index (Phi) is 4.67. The van der Waals surface area contributed by atoms with Crippen molar-refractivity contribution < 1.29 is 14.3 Å². The smallest absolute Gasteiger partial charge is 0.303 e. The third-order valence-corrected chi connectivity index (χ3v) is 3.04. The Hall–Kier alpha value is -2.68. The molecule has 21 heavy (non-hydrogen) atoms. The van der Waals surface area contributed by atoms with Gasteiger partial charge in [0.2, 0.25) is 5.78 Å². The van der Waals surface area contributed by atoms with Gasteiger partial charge in [-0.25, -0.2) is 0 Å². The van der Waals surface area contributed by atoms with Crippen molar-refractivity contribution >= 4 is 17.3 Å². The number of benzene rings is 2. The van der Waals surface area contributed by atoms with Crippen LogP contribution in [0.25, 0.3) is 5.57 Å². The van der Waals surface area contributed by atoms with Gasteiger partial charge in [-0.1, -0.05) is 67.2 Å². The molecule has 0 amide bonds. The number of carbonyl (C=O) groups excluding carboxylic acids is 2. The Morgan fingerprint density at radius 3 is 1.86 bits per heavy atom. The van der Waals surface area contributed by atoms with Crippen LogP contribution >= 0.6 is 0 Å². The second-order valence-corrected chi connectivity index (χ2v) is 4.61. The van der Waals surface area contributed by atoms with Crippen LogP contribution < -0.4 is 0 Å². The summed E-state index contributed by atoms with van der Waals surface area (Å²) < 4.78 is 5.19. The number of carbonyl (C=O) groups is 2. The van der Waals surface area contributed by atoms with E-state index in [1.807, 2.05) is 36.4 Å². The molecule has 0 aliphatic carbocycles. The lowest BCUT2D eigenvalue weighted by atomic mass is 9.95. The molecule has 3 heteroatoms. The van der Waals surface area contributed by atoms with Gasteiger partial charge in [0.25, 0.3) is 0 Å². The number of ketones is 1. The highest BCUT2D eigenvalue weighted by molar-refractivity contribution is 6.07. The van der Waals surface area contributed by atoms with Crippen molar-refractivity contribution in [3.05, 3.63) is 78.4 Å². The van der Waals surface area contributed by atoms with Crippen LogP contribution in [-0.2, 0) is 9.53 Å². The normalized spacial score (nSPS) is 11.5. The van der Waals surface area contributed by atoms with Crippen molar-refractivity contribution in [1.29, 1.82) is 0 Å². The summed E-state index contributed by atoms with van der Waals surface area (Å²) in [5.41, 5.74) is 1.73. The first-order valence-electron chi connectivity index (χ1n) is 6.60. The van der Waals surface area contributed by atoms with Crippen LogP contribution in [0.4, 0.5) is 0 Å². The highest BCUT2D eigenvalue weighted by Crippen LogP contribution is 2.22. The van der Waals surface area contributed by atoms with Crippen LogP contribution in [0.5, 0.6) is 0 Å². The van der Waals surface area contributed by atoms with Crippen LogP contribution in [0.3, 0.4) is 0 Å². The monoisotopic (exact) mass is 280 g/mol. The number of hydrogen-bond acceptors (Lipinski definition) is 3. The molecule has 2 rings (SSSR count). The average molecular weight is 280 g/mol. The summed E-state index contributed by atoms with van der Waals surface area (Å²) >= 11 is 0. The van der Waals surface area contributed by atoms with Gasteiger partial charge >= 0.3 is 5.97 Å². The summed E-state index contributed by atoms with van der Waals surface area (Å²) in [6.45, 7) is 5.21. The first-order valence-corrected chi connectivity index (χ1v) is 6.60. The van der Waals surface area contributed by atoms with Crippen molar-refractivity contribution in [2.24, 2.45) is 0 Å². The predicted octanol–water partition coefficient (Wildman–Crippen LogP) is 3.51. The zero-order chi connectivity index (χ0) is 15.2. The maximum absolute atomic E-state index is 12.6. The lowest BCUT2D eigenvalue weighted by Gasteiger charge is -2.18. The second-order valence-electron chi connectivity index (χ2n) is 4.61. The summed E-state index contributed by atoms with van der Waals surface area (Å²) in [4.78, 5) is 23.9. The number of Topliss-reactive ketones (excluding diaryl/α,β-unsaturated/α-hetero) is 1. The van der Waals surface area contributed by atoms with Crippen LogP contribution in [0.2, 0.25) is 0 Å². The SMILES string of the molecule is C=C(c1ccccc1)C(OC(C)=O)C(=O)c1ccccc1. The molecular weight excluding hydrogens is 264 g/mol. The molecule has 0 bridgehead atoms. The van der Waals surface area contributed by atoms with Crippen LogP contribution in [-0.4, -0.2) is 17.9 Å². The molecule has 0 aliphatic heterocycles. The third-order valence-electron chi connectivity index (χ3n) is 3.04. The van der Waals surface area contributed by atoms with E-state index < -0.39 is 12.1 Å². The average Bonchev–Trinajstić information content (AvgIpc) is 2.53. The van der Waals surface area contributed by atoms with E-state index in [0.29, 0.717) is 11.1 Å². The van der Waals surface area contributed by atoms with Crippen molar-refractivity contribution in [3.63, 3.8) is 0 Å². The van der Waals surface area contributed by atoms with Crippen LogP contribution in [0.1, 0.15) is 22.8 Å². The van der Waals surface area contributed by atoms with E-state index in [9.17, 15) is 9.59 Å². The minimum Gasteiger partial charge on any atom is -0.449 e. The summed E-state index contributed by atoms with van der Waals surface area (Å²) in [5.74, 6) is -0.791. The summed E-state index contributed by atoms with van der Waals surface area (Å²) in [6.07, 6.45) is -1.01. The number of esters is 1. The topological polar surface area (TPSA) is 43.4 Å². The molecule has 0 spiro atoms. The van der Waals surface area contributed by atoms with E-state index in [-0.39, 0.29) is 5.78 Å². The van der Waals surface area contributed by atoms with Gasteiger partial charge in [-0.15, -0.1) is 0 Å². The lowest BCUT2D eigenvalue weighted by Crippen LogP contribution is -2.27. The standard InChI is InChI=1S/C18H16O3/c1-13(15-9-5-3-6-10-15)18(21-14(2)19)17(20)16-11-7-4-8-12-16/h3-12,18H,1H2,2H3. The molecule has 0 N–H and O–H groups in total. The van der Waals surface area contributed by atoms with Crippen molar-refractivity contribution in [2.45, 2.75) is 13.0 Å². The first kappa shape index (κ1) is 14.7. The Balaban J connectivity index is 2.33. The molecular formula is C18H16O3. The van der Waals surface area contributed by atoms with E-state index in [1.54, 1.807) is 24.3 Å².